The van der Waals surface area contributed by atoms with Gasteiger partial charge in [-0.15, -0.1) is 0 Å². The zero-order valence-electron chi connectivity index (χ0n) is 10.1. The number of hydrogen-bond acceptors (Lipinski definition) is 1. The van der Waals surface area contributed by atoms with Gasteiger partial charge in [0.1, 0.15) is 0 Å². The normalized spacial score (nSPS) is 10.1. The van der Waals surface area contributed by atoms with Gasteiger partial charge in [-0.3, -0.25) is 4.79 Å². The molecule has 2 aromatic rings. The van der Waals surface area contributed by atoms with Crippen molar-refractivity contribution in [3.63, 3.8) is 0 Å². The lowest BCUT2D eigenvalue weighted by atomic mass is 10.3. The van der Waals surface area contributed by atoms with Crippen LogP contribution in [0.2, 0.25) is 5.02 Å². The molecule has 3 nitrogen and oxygen atoms in total. The number of rotatable bonds is 3. The zero-order valence-corrected chi connectivity index (χ0v) is 10.8. The predicted octanol–water partition coefficient (Wildman–Crippen LogP) is 2.57. The summed E-state index contributed by atoms with van der Waals surface area (Å²) in [4.78, 5) is 11.9. The molecular weight excluding hydrogens is 248 g/mol. The first-order valence-corrected chi connectivity index (χ1v) is 6.04. The molecule has 0 bridgehead atoms. The number of aromatic nitrogens is 1. The van der Waals surface area contributed by atoms with E-state index in [1.54, 1.807) is 12.1 Å². The number of halogens is 1. The Kier molecular flexibility index (Phi) is 3.95. The van der Waals surface area contributed by atoms with Crippen LogP contribution >= 0.6 is 11.6 Å². The summed E-state index contributed by atoms with van der Waals surface area (Å²) in [6.07, 6.45) is 1.88. The fourth-order valence-electron chi connectivity index (χ4n) is 1.65. The molecule has 0 aliphatic heterocycles. The van der Waals surface area contributed by atoms with E-state index in [1.807, 2.05) is 48.0 Å². The summed E-state index contributed by atoms with van der Waals surface area (Å²) in [6.45, 7) is 2.24. The predicted molar refractivity (Wildman–Crippen MR) is 71.5 cm³/mol. The molecule has 1 N–H and O–H groups in total. The number of aryl methyl sites for hydroxylation is 1. The lowest BCUT2D eigenvalue weighted by Crippen LogP contribution is -2.42. The quantitative estimate of drug-likeness (QED) is 0.847. The summed E-state index contributed by atoms with van der Waals surface area (Å²) in [5, 5.41) is 3.34. The van der Waals surface area contributed by atoms with Gasteiger partial charge in [0, 0.05) is 19.1 Å². The monoisotopic (exact) mass is 261 g/mol. The van der Waals surface area contributed by atoms with E-state index in [9.17, 15) is 4.79 Å². The van der Waals surface area contributed by atoms with E-state index in [0.29, 0.717) is 10.7 Å². The maximum atomic E-state index is 11.9. The summed E-state index contributed by atoms with van der Waals surface area (Å²) in [7, 11) is 0. The van der Waals surface area contributed by atoms with E-state index in [1.165, 1.54) is 0 Å². The average Bonchev–Trinajstić information content (AvgIpc) is 2.35. The minimum absolute atomic E-state index is 0.0950. The second kappa shape index (κ2) is 5.65. The Labute approximate surface area is 111 Å². The summed E-state index contributed by atoms with van der Waals surface area (Å²) in [5.41, 5.74) is 1.67. The Balaban J connectivity index is 2.06. The molecule has 1 aromatic heterocycles. The topological polar surface area (TPSA) is 33.0 Å². The number of para-hydroxylation sites is 1. The minimum Gasteiger partial charge on any atom is -0.319 e. The van der Waals surface area contributed by atoms with Crippen LogP contribution in [0.4, 0.5) is 5.69 Å². The number of pyridine rings is 1. The first-order valence-electron chi connectivity index (χ1n) is 5.66. The minimum atomic E-state index is -0.0950. The maximum absolute atomic E-state index is 11.9. The van der Waals surface area contributed by atoms with Crippen molar-refractivity contribution < 1.29 is 9.36 Å². The van der Waals surface area contributed by atoms with Crippen molar-refractivity contribution in [3.05, 3.63) is 59.4 Å². The van der Waals surface area contributed by atoms with E-state index >= 15 is 0 Å². The summed E-state index contributed by atoms with van der Waals surface area (Å²) < 4.78 is 1.88. The second-order valence-corrected chi connectivity index (χ2v) is 4.41. The molecule has 0 unspecified atom stereocenters. The highest BCUT2D eigenvalue weighted by Crippen LogP contribution is 2.20. The molecule has 1 heterocycles. The zero-order chi connectivity index (χ0) is 13.0. The van der Waals surface area contributed by atoms with Gasteiger partial charge in [-0.2, -0.15) is 4.57 Å². The van der Waals surface area contributed by atoms with Crippen molar-refractivity contribution in [1.29, 1.82) is 0 Å². The van der Waals surface area contributed by atoms with Crippen molar-refractivity contribution in [2.75, 3.05) is 5.32 Å². The second-order valence-electron chi connectivity index (χ2n) is 4.00. The van der Waals surface area contributed by atoms with E-state index < -0.39 is 0 Å². The molecule has 0 saturated carbocycles. The molecule has 18 heavy (non-hydrogen) atoms. The Hall–Kier alpha value is -1.87. The van der Waals surface area contributed by atoms with E-state index in [4.69, 9.17) is 11.6 Å². The van der Waals surface area contributed by atoms with E-state index in [2.05, 4.69) is 5.32 Å². The highest BCUT2D eigenvalue weighted by Gasteiger charge is 2.12. The number of carbonyl (C=O) groups is 1. The summed E-state index contributed by atoms with van der Waals surface area (Å²) in [6, 6.07) is 13.0. The van der Waals surface area contributed by atoms with Crippen LogP contribution in [0, 0.1) is 6.92 Å². The molecule has 0 spiro atoms. The third kappa shape index (κ3) is 3.08. The highest BCUT2D eigenvalue weighted by molar-refractivity contribution is 6.33. The van der Waals surface area contributed by atoms with Crippen LogP contribution in [0.25, 0.3) is 0 Å². The summed E-state index contributed by atoms with van der Waals surface area (Å²) in [5.74, 6) is -0.0950. The number of hydrogen-bond donors (Lipinski definition) is 1. The van der Waals surface area contributed by atoms with Crippen molar-refractivity contribution in [2.24, 2.45) is 0 Å². The molecular formula is C14H14ClN2O+. The molecule has 1 amide bonds. The first kappa shape index (κ1) is 12.6. The largest absolute Gasteiger partial charge is 0.319 e. The standard InChI is InChI=1S/C14H13ClN2O/c1-11-6-4-5-9-17(11)10-14(18)16-13-8-3-2-7-12(13)15/h2-9H,10H2,1H3/p+1. The van der Waals surface area contributed by atoms with Gasteiger partial charge in [0.15, 0.2) is 11.9 Å². The van der Waals surface area contributed by atoms with Crippen LogP contribution in [-0.2, 0) is 11.3 Å². The number of anilines is 1. The SMILES string of the molecule is Cc1cccc[n+]1CC(=O)Nc1ccccc1Cl. The molecule has 0 aliphatic carbocycles. The molecule has 0 fully saturated rings. The van der Waals surface area contributed by atoms with Crippen molar-refractivity contribution in [1.82, 2.24) is 0 Å². The molecule has 0 atom stereocenters. The number of nitrogens with zero attached hydrogens (tertiary/aromatic N) is 1. The number of amides is 1. The third-order valence-corrected chi connectivity index (χ3v) is 2.96. The van der Waals surface area contributed by atoms with Gasteiger partial charge in [0.2, 0.25) is 6.54 Å². The van der Waals surface area contributed by atoms with Crippen molar-refractivity contribution in [2.45, 2.75) is 13.5 Å². The van der Waals surface area contributed by atoms with Gasteiger partial charge in [-0.25, -0.2) is 0 Å². The molecule has 0 saturated heterocycles. The maximum Gasteiger partial charge on any atom is 0.290 e. The average molecular weight is 262 g/mol. The van der Waals surface area contributed by atoms with Gasteiger partial charge in [0.25, 0.3) is 5.91 Å². The summed E-state index contributed by atoms with van der Waals surface area (Å²) >= 11 is 5.98. The Bertz CT molecular complexity index is 520. The molecule has 92 valence electrons. The van der Waals surface area contributed by atoms with Gasteiger partial charge in [0.05, 0.1) is 10.7 Å². The Morgan fingerprint density at radius 2 is 1.94 bits per heavy atom. The number of benzene rings is 1. The highest BCUT2D eigenvalue weighted by atomic mass is 35.5. The van der Waals surface area contributed by atoms with Gasteiger partial charge in [-0.05, 0) is 12.1 Å². The first-order chi connectivity index (χ1) is 8.66. The lowest BCUT2D eigenvalue weighted by Gasteiger charge is -2.05. The van der Waals surface area contributed by atoms with Crippen LogP contribution in [0.3, 0.4) is 0 Å². The van der Waals surface area contributed by atoms with Crippen LogP contribution in [0.15, 0.2) is 48.7 Å². The van der Waals surface area contributed by atoms with Gasteiger partial charge in [-0.1, -0.05) is 29.8 Å². The fourth-order valence-corrected chi connectivity index (χ4v) is 1.83. The van der Waals surface area contributed by atoms with Crippen LogP contribution in [0.5, 0.6) is 0 Å². The van der Waals surface area contributed by atoms with E-state index in [0.717, 1.165) is 5.69 Å². The Morgan fingerprint density at radius 3 is 2.67 bits per heavy atom. The van der Waals surface area contributed by atoms with Crippen molar-refractivity contribution >= 4 is 23.2 Å². The van der Waals surface area contributed by atoms with E-state index in [-0.39, 0.29) is 12.5 Å². The van der Waals surface area contributed by atoms with Gasteiger partial charge >= 0.3 is 0 Å². The molecule has 0 radical (unpaired) electrons. The molecule has 0 aliphatic rings. The van der Waals surface area contributed by atoms with Gasteiger partial charge < -0.3 is 5.32 Å². The number of nitrogens with one attached hydrogen (secondary N) is 1. The third-order valence-electron chi connectivity index (χ3n) is 2.63. The van der Waals surface area contributed by atoms with Crippen LogP contribution in [0.1, 0.15) is 5.69 Å². The number of carbonyl (C=O) groups excluding carboxylic acids is 1. The molecule has 2 rings (SSSR count). The molecule has 4 heteroatoms. The van der Waals surface area contributed by atoms with Crippen LogP contribution in [-0.4, -0.2) is 5.91 Å². The van der Waals surface area contributed by atoms with Crippen molar-refractivity contribution in [3.8, 4) is 0 Å². The lowest BCUT2D eigenvalue weighted by molar-refractivity contribution is -0.690. The fraction of sp³-hybridized carbons (Fsp3) is 0.143. The smallest absolute Gasteiger partial charge is 0.290 e. The molecule has 1 aromatic carbocycles. The van der Waals surface area contributed by atoms with Crippen LogP contribution < -0.4 is 9.88 Å². The Morgan fingerprint density at radius 1 is 1.22 bits per heavy atom.